The van der Waals surface area contributed by atoms with Crippen molar-refractivity contribution in [3.05, 3.63) is 252 Å². The van der Waals surface area contributed by atoms with Crippen LogP contribution in [-0.4, -0.2) is 11.7 Å². The lowest BCUT2D eigenvalue weighted by Gasteiger charge is -2.25. The molecule has 13 rings (SSSR count). The number of para-hydroxylation sites is 1. The maximum Gasteiger partial charge on any atom is 0.159 e. The van der Waals surface area contributed by atoms with Gasteiger partial charge in [-0.05, 0) is 121 Å². The summed E-state index contributed by atoms with van der Waals surface area (Å²) in [5, 5.41) is 10.9. The smallest absolute Gasteiger partial charge is 0.159 e. The van der Waals surface area contributed by atoms with Crippen molar-refractivity contribution in [1.82, 2.24) is 5.32 Å². The van der Waals surface area contributed by atoms with Gasteiger partial charge in [0.25, 0.3) is 0 Å². The fourth-order valence-electron chi connectivity index (χ4n) is 10.4. The lowest BCUT2D eigenvalue weighted by molar-refractivity contribution is 0.647. The number of hydrogen-bond donors (Lipinski definition) is 1. The van der Waals surface area contributed by atoms with Crippen molar-refractivity contribution in [1.29, 1.82) is 0 Å². The van der Waals surface area contributed by atoms with E-state index in [0.29, 0.717) is 5.84 Å². The number of nitrogens with one attached hydrogen (secondary N) is 1. The predicted molar refractivity (Wildman–Crippen MR) is 273 cm³/mol. The molecule has 0 saturated carbocycles. The average molecular weight is 846 g/mol. The molecule has 1 aromatic heterocycles. The SMILES string of the molecule is c1ccc(-c2ccc(C3=NC(c4cc(C5CCc6cc7ccccc7cc6-c6cc7ccccc7cc65)c5oc6ccccc6c5c4)=NC(c4ccc(-c5ccccc5)cc4)N3)cc2)cc1. The summed E-state index contributed by atoms with van der Waals surface area (Å²) in [6.45, 7) is 0. The van der Waals surface area contributed by atoms with E-state index >= 15 is 0 Å². The molecule has 312 valence electrons. The topological polar surface area (TPSA) is 49.9 Å². The van der Waals surface area contributed by atoms with Gasteiger partial charge in [-0.15, -0.1) is 0 Å². The van der Waals surface area contributed by atoms with Crippen LogP contribution in [0.3, 0.4) is 0 Å². The minimum Gasteiger partial charge on any atom is -0.456 e. The second kappa shape index (κ2) is 15.7. The Morgan fingerprint density at radius 2 is 1.00 bits per heavy atom. The van der Waals surface area contributed by atoms with E-state index in [1.165, 1.54) is 60.5 Å². The van der Waals surface area contributed by atoms with Crippen molar-refractivity contribution in [2.24, 2.45) is 9.98 Å². The number of benzene rings is 10. The fourth-order valence-corrected chi connectivity index (χ4v) is 10.4. The molecule has 10 aromatic carbocycles. The first-order chi connectivity index (χ1) is 32.7. The van der Waals surface area contributed by atoms with Crippen molar-refractivity contribution in [3.63, 3.8) is 0 Å². The second-order valence-corrected chi connectivity index (χ2v) is 17.7. The standard InChI is InChI=1S/C62H43N3O/c1-3-13-39(14-4-1)41-23-27-43(28-24-41)60-63-61(44-29-25-42(26-30-44)40-15-5-2-6-16-40)65-62(64-60)50-37-56(59-57(38-50)52-21-11-12-22-58(52)66-59)51-32-31-49-33-45-17-7-8-18-46(45)34-53(49)55-36-48-20-10-9-19-47(48)35-54(51)55/h1-30,33-38,51,60H,31-32H2,(H,63,64,65). The molecule has 4 heteroatoms. The normalized spacial score (nSPS) is 15.8. The number of aryl methyl sites for hydroxylation is 1. The number of fused-ring (bicyclic) bond motifs is 8. The summed E-state index contributed by atoms with van der Waals surface area (Å²) in [5.74, 6) is 1.49. The summed E-state index contributed by atoms with van der Waals surface area (Å²) in [6.07, 6.45) is 1.47. The highest BCUT2D eigenvalue weighted by molar-refractivity contribution is 6.16. The third-order valence-corrected chi connectivity index (χ3v) is 13.7. The van der Waals surface area contributed by atoms with Gasteiger partial charge in [0.1, 0.15) is 23.2 Å². The third kappa shape index (κ3) is 6.69. The highest BCUT2D eigenvalue weighted by Crippen LogP contribution is 2.47. The van der Waals surface area contributed by atoms with Crippen LogP contribution in [-0.2, 0) is 6.42 Å². The van der Waals surface area contributed by atoms with E-state index in [4.69, 9.17) is 14.4 Å². The zero-order chi connectivity index (χ0) is 43.6. The molecule has 1 N–H and O–H groups in total. The van der Waals surface area contributed by atoms with Gasteiger partial charge >= 0.3 is 0 Å². The van der Waals surface area contributed by atoms with Gasteiger partial charge in [-0.2, -0.15) is 0 Å². The average Bonchev–Trinajstić information content (AvgIpc) is 3.70. The van der Waals surface area contributed by atoms with Crippen LogP contribution >= 0.6 is 0 Å². The van der Waals surface area contributed by atoms with Gasteiger partial charge in [0, 0.05) is 33.4 Å². The van der Waals surface area contributed by atoms with Crippen LogP contribution in [0, 0.1) is 0 Å². The van der Waals surface area contributed by atoms with Crippen LogP contribution in [0.2, 0.25) is 0 Å². The summed E-state index contributed by atoms with van der Waals surface area (Å²) in [4.78, 5) is 10.9. The highest BCUT2D eigenvalue weighted by Gasteiger charge is 2.30. The van der Waals surface area contributed by atoms with Crippen molar-refractivity contribution in [2.45, 2.75) is 24.9 Å². The van der Waals surface area contributed by atoms with Crippen LogP contribution in [0.15, 0.2) is 233 Å². The van der Waals surface area contributed by atoms with Gasteiger partial charge in [0.05, 0.1) is 0 Å². The van der Waals surface area contributed by atoms with Gasteiger partial charge < -0.3 is 9.73 Å². The summed E-state index contributed by atoms with van der Waals surface area (Å²) in [5.41, 5.74) is 15.9. The molecular weight excluding hydrogens is 803 g/mol. The number of furan rings is 1. The maximum atomic E-state index is 6.95. The summed E-state index contributed by atoms with van der Waals surface area (Å²) >= 11 is 0. The zero-order valence-electron chi connectivity index (χ0n) is 36.2. The number of hydrogen-bond acceptors (Lipinski definition) is 4. The fraction of sp³-hybridized carbons (Fsp3) is 0.0645. The Bertz CT molecular complexity index is 3720. The van der Waals surface area contributed by atoms with Gasteiger partial charge in [0.2, 0.25) is 0 Å². The molecule has 2 heterocycles. The number of amidine groups is 2. The molecule has 2 unspecified atom stereocenters. The van der Waals surface area contributed by atoms with E-state index < -0.39 is 0 Å². The first-order valence-electron chi connectivity index (χ1n) is 22.9. The van der Waals surface area contributed by atoms with Gasteiger partial charge in [0.15, 0.2) is 5.84 Å². The van der Waals surface area contributed by atoms with Gasteiger partial charge in [-0.3, -0.25) is 0 Å². The molecule has 2 aliphatic rings. The Hall–Kier alpha value is -8.34. The minimum absolute atomic E-state index is 0.0285. The molecule has 4 nitrogen and oxygen atoms in total. The molecule has 1 aliphatic heterocycles. The summed E-state index contributed by atoms with van der Waals surface area (Å²) in [7, 11) is 0. The van der Waals surface area contributed by atoms with E-state index in [2.05, 4.69) is 224 Å². The first kappa shape index (κ1) is 38.1. The maximum absolute atomic E-state index is 6.95. The largest absolute Gasteiger partial charge is 0.456 e. The third-order valence-electron chi connectivity index (χ3n) is 13.7. The van der Waals surface area contributed by atoms with Gasteiger partial charge in [-0.25, -0.2) is 9.98 Å². The Labute approximate surface area is 383 Å². The molecule has 1 aliphatic carbocycles. The van der Waals surface area contributed by atoms with E-state index in [1.807, 2.05) is 0 Å². The van der Waals surface area contributed by atoms with E-state index in [0.717, 1.165) is 68.4 Å². The monoisotopic (exact) mass is 845 g/mol. The molecule has 0 amide bonds. The molecular formula is C62H43N3O. The Morgan fingerprint density at radius 1 is 0.439 bits per heavy atom. The number of aliphatic imine (C=N–C) groups is 2. The first-order valence-corrected chi connectivity index (χ1v) is 22.9. The van der Waals surface area contributed by atoms with Crippen LogP contribution in [0.4, 0.5) is 0 Å². The van der Waals surface area contributed by atoms with Crippen molar-refractivity contribution >= 4 is 55.2 Å². The van der Waals surface area contributed by atoms with E-state index in [1.54, 1.807) is 0 Å². The zero-order valence-corrected chi connectivity index (χ0v) is 36.2. The second-order valence-electron chi connectivity index (χ2n) is 17.7. The molecule has 0 saturated heterocycles. The molecule has 0 radical (unpaired) electrons. The lowest BCUT2D eigenvalue weighted by Crippen LogP contribution is -2.33. The molecule has 66 heavy (non-hydrogen) atoms. The van der Waals surface area contributed by atoms with Crippen molar-refractivity contribution in [3.8, 4) is 33.4 Å². The molecule has 0 bridgehead atoms. The predicted octanol–water partition coefficient (Wildman–Crippen LogP) is 15.5. The summed E-state index contributed by atoms with van der Waals surface area (Å²) < 4.78 is 6.95. The van der Waals surface area contributed by atoms with Crippen LogP contribution < -0.4 is 5.32 Å². The van der Waals surface area contributed by atoms with Crippen molar-refractivity contribution < 1.29 is 4.42 Å². The highest BCUT2D eigenvalue weighted by atomic mass is 16.3. The quantitative estimate of drug-likeness (QED) is 0.181. The molecule has 0 spiro atoms. The minimum atomic E-state index is -0.375. The number of nitrogens with zero attached hydrogens (tertiary/aromatic N) is 2. The van der Waals surface area contributed by atoms with Gasteiger partial charge in [-0.1, -0.05) is 182 Å². The van der Waals surface area contributed by atoms with Crippen LogP contribution in [0.1, 0.15) is 51.9 Å². The van der Waals surface area contributed by atoms with Crippen LogP contribution in [0.25, 0.3) is 76.9 Å². The van der Waals surface area contributed by atoms with E-state index in [-0.39, 0.29) is 12.1 Å². The Kier molecular flexibility index (Phi) is 9.09. The summed E-state index contributed by atoms with van der Waals surface area (Å²) in [6, 6.07) is 78.7. The van der Waals surface area contributed by atoms with Crippen LogP contribution in [0.5, 0.6) is 0 Å². The molecule has 11 aromatic rings. The lowest BCUT2D eigenvalue weighted by atomic mass is 9.83. The Balaban J connectivity index is 1.00. The molecule has 0 fully saturated rings. The van der Waals surface area contributed by atoms with Crippen molar-refractivity contribution in [2.75, 3.05) is 0 Å². The Morgan fingerprint density at radius 3 is 1.70 bits per heavy atom. The number of rotatable bonds is 6. The molecule has 2 atom stereocenters. The van der Waals surface area contributed by atoms with E-state index in [9.17, 15) is 0 Å².